The van der Waals surface area contributed by atoms with E-state index in [9.17, 15) is 0 Å². The highest BCUT2D eigenvalue weighted by atomic mass is 35.5. The summed E-state index contributed by atoms with van der Waals surface area (Å²) in [6.07, 6.45) is 22.6. The topological polar surface area (TPSA) is 21.1 Å². The van der Waals surface area contributed by atoms with E-state index >= 15 is 0 Å². The number of likely N-dealkylation sites (tertiary alicyclic amines) is 1. The van der Waals surface area contributed by atoms with Gasteiger partial charge in [0.1, 0.15) is 5.82 Å². The lowest BCUT2D eigenvalue weighted by atomic mass is 9.93. The lowest BCUT2D eigenvalue weighted by Crippen LogP contribution is -2.34. The molecule has 2 rings (SSSR count). The molecule has 0 radical (unpaired) electrons. The van der Waals surface area contributed by atoms with E-state index in [1.807, 2.05) is 6.20 Å². The van der Waals surface area contributed by atoms with Gasteiger partial charge >= 0.3 is 0 Å². The fourth-order valence-corrected chi connectivity index (χ4v) is 4.28. The van der Waals surface area contributed by atoms with Crippen molar-refractivity contribution in [2.75, 3.05) is 19.6 Å². The highest BCUT2D eigenvalue weighted by Crippen LogP contribution is 2.22. The second-order valence-corrected chi connectivity index (χ2v) is 8.42. The molecular formula is C23H45Cl2N3. The van der Waals surface area contributed by atoms with Gasteiger partial charge in [-0.1, -0.05) is 64.7 Å². The first-order chi connectivity index (χ1) is 12.8. The van der Waals surface area contributed by atoms with Crippen LogP contribution in [0.2, 0.25) is 0 Å². The van der Waals surface area contributed by atoms with Gasteiger partial charge in [0, 0.05) is 18.9 Å². The number of imidazole rings is 1. The molecule has 0 saturated carbocycles. The van der Waals surface area contributed by atoms with Crippen molar-refractivity contribution in [3.05, 3.63) is 18.2 Å². The van der Waals surface area contributed by atoms with E-state index in [-0.39, 0.29) is 24.8 Å². The summed E-state index contributed by atoms with van der Waals surface area (Å²) in [6.45, 7) is 9.54. The average molecular weight is 435 g/mol. The minimum Gasteiger partial charge on any atom is -0.335 e. The van der Waals surface area contributed by atoms with Crippen LogP contribution in [0.15, 0.2) is 12.4 Å². The van der Waals surface area contributed by atoms with Gasteiger partial charge in [0.05, 0.1) is 0 Å². The maximum Gasteiger partial charge on any atom is 0.105 e. The Hall–Kier alpha value is -0.250. The standard InChI is InChI=1S/C23H43N3.2ClH/c1-3-4-5-6-7-8-9-10-11-12-17-25-18-13-23(14-19-25)15-20-26-21-16-24-22(26)2;;/h16,21,23H,3-15,17-20H2,1-2H3;2*1H. The van der Waals surface area contributed by atoms with Crippen molar-refractivity contribution in [3.8, 4) is 0 Å². The number of hydrogen-bond acceptors (Lipinski definition) is 2. The molecule has 1 saturated heterocycles. The second-order valence-electron chi connectivity index (χ2n) is 8.42. The molecule has 3 nitrogen and oxygen atoms in total. The zero-order valence-electron chi connectivity index (χ0n) is 18.4. The van der Waals surface area contributed by atoms with Crippen molar-refractivity contribution < 1.29 is 0 Å². The summed E-state index contributed by atoms with van der Waals surface area (Å²) in [6, 6.07) is 0. The number of nitrogens with zero attached hydrogens (tertiary/aromatic N) is 3. The van der Waals surface area contributed by atoms with Crippen molar-refractivity contribution in [1.82, 2.24) is 14.5 Å². The summed E-state index contributed by atoms with van der Waals surface area (Å²) in [5, 5.41) is 0. The molecule has 0 bridgehead atoms. The summed E-state index contributed by atoms with van der Waals surface area (Å²) < 4.78 is 2.30. The molecule has 0 amide bonds. The predicted molar refractivity (Wildman–Crippen MR) is 127 cm³/mol. The number of piperidine rings is 1. The molecule has 1 aliphatic heterocycles. The van der Waals surface area contributed by atoms with Crippen LogP contribution >= 0.6 is 24.8 Å². The lowest BCUT2D eigenvalue weighted by Gasteiger charge is -2.32. The molecule has 0 atom stereocenters. The van der Waals surface area contributed by atoms with E-state index in [1.54, 1.807) is 0 Å². The van der Waals surface area contributed by atoms with Crippen LogP contribution < -0.4 is 0 Å². The fraction of sp³-hybridized carbons (Fsp3) is 0.870. The zero-order chi connectivity index (χ0) is 18.5. The van der Waals surface area contributed by atoms with E-state index in [4.69, 9.17) is 0 Å². The van der Waals surface area contributed by atoms with Crippen molar-refractivity contribution in [2.45, 2.75) is 104 Å². The van der Waals surface area contributed by atoms with Crippen LogP contribution in [0.1, 0.15) is 96.2 Å². The SMILES string of the molecule is CCCCCCCCCCCCN1CCC(CCn2ccnc2C)CC1.Cl.Cl. The van der Waals surface area contributed by atoms with E-state index < -0.39 is 0 Å². The number of aromatic nitrogens is 2. The average Bonchev–Trinajstić information content (AvgIpc) is 3.07. The van der Waals surface area contributed by atoms with Gasteiger partial charge in [-0.2, -0.15) is 0 Å². The molecule has 1 aliphatic rings. The molecule has 0 aromatic carbocycles. The highest BCUT2D eigenvalue weighted by molar-refractivity contribution is 5.85. The first-order valence-electron chi connectivity index (χ1n) is 11.5. The maximum atomic E-state index is 4.32. The monoisotopic (exact) mass is 433 g/mol. The summed E-state index contributed by atoms with van der Waals surface area (Å²) in [5.74, 6) is 2.07. The Kier molecular flexibility index (Phi) is 17.4. The van der Waals surface area contributed by atoms with Gasteiger partial charge in [-0.15, -0.1) is 24.8 Å². The second kappa shape index (κ2) is 17.6. The Morgan fingerprint density at radius 3 is 1.96 bits per heavy atom. The lowest BCUT2D eigenvalue weighted by molar-refractivity contribution is 0.173. The molecule has 28 heavy (non-hydrogen) atoms. The predicted octanol–water partition coefficient (Wildman–Crippen LogP) is 7.06. The summed E-state index contributed by atoms with van der Waals surface area (Å²) in [4.78, 5) is 7.04. The van der Waals surface area contributed by atoms with E-state index in [0.29, 0.717) is 0 Å². The number of unbranched alkanes of at least 4 members (excludes halogenated alkanes) is 9. The maximum absolute atomic E-state index is 4.32. The molecule has 0 unspecified atom stereocenters. The Balaban J connectivity index is 0.00000364. The van der Waals surface area contributed by atoms with Gasteiger partial charge in [-0.25, -0.2) is 4.98 Å². The first-order valence-corrected chi connectivity index (χ1v) is 11.5. The van der Waals surface area contributed by atoms with Crippen molar-refractivity contribution in [2.24, 2.45) is 5.92 Å². The van der Waals surface area contributed by atoms with E-state index in [2.05, 4.69) is 34.5 Å². The molecule has 1 aromatic rings. The molecule has 0 N–H and O–H groups in total. The number of rotatable bonds is 14. The van der Waals surface area contributed by atoms with Crippen LogP contribution in [0.4, 0.5) is 0 Å². The summed E-state index contributed by atoms with van der Waals surface area (Å²) in [5.41, 5.74) is 0. The van der Waals surface area contributed by atoms with Crippen molar-refractivity contribution in [3.63, 3.8) is 0 Å². The summed E-state index contributed by atoms with van der Waals surface area (Å²) in [7, 11) is 0. The molecule has 2 heterocycles. The molecular weight excluding hydrogens is 389 g/mol. The zero-order valence-corrected chi connectivity index (χ0v) is 20.0. The van der Waals surface area contributed by atoms with Crippen LogP contribution in [0.25, 0.3) is 0 Å². The van der Waals surface area contributed by atoms with E-state index in [1.165, 1.54) is 103 Å². The minimum absolute atomic E-state index is 0. The Morgan fingerprint density at radius 1 is 0.857 bits per heavy atom. The van der Waals surface area contributed by atoms with Crippen LogP contribution in [-0.4, -0.2) is 34.1 Å². The molecule has 0 aliphatic carbocycles. The van der Waals surface area contributed by atoms with Gasteiger partial charge < -0.3 is 9.47 Å². The normalized spacial score (nSPS) is 15.2. The van der Waals surface area contributed by atoms with Crippen LogP contribution in [0, 0.1) is 12.8 Å². The van der Waals surface area contributed by atoms with Gasteiger partial charge in [0.15, 0.2) is 0 Å². The smallest absolute Gasteiger partial charge is 0.105 e. The number of halogens is 2. The number of aryl methyl sites for hydroxylation is 2. The van der Waals surface area contributed by atoms with Gasteiger partial charge in [0.25, 0.3) is 0 Å². The molecule has 1 fully saturated rings. The molecule has 5 heteroatoms. The van der Waals surface area contributed by atoms with Gasteiger partial charge in [-0.3, -0.25) is 0 Å². The molecule has 0 spiro atoms. The Labute approximate surface area is 186 Å². The van der Waals surface area contributed by atoms with E-state index in [0.717, 1.165) is 18.3 Å². The largest absolute Gasteiger partial charge is 0.335 e. The van der Waals surface area contributed by atoms with Gasteiger partial charge in [-0.05, 0) is 58.2 Å². The summed E-state index contributed by atoms with van der Waals surface area (Å²) >= 11 is 0. The quantitative estimate of drug-likeness (QED) is 0.292. The Bertz CT molecular complexity index is 456. The third-order valence-electron chi connectivity index (χ3n) is 6.24. The Morgan fingerprint density at radius 2 is 1.43 bits per heavy atom. The highest BCUT2D eigenvalue weighted by Gasteiger charge is 2.18. The van der Waals surface area contributed by atoms with Crippen molar-refractivity contribution >= 4 is 24.8 Å². The molecule has 166 valence electrons. The van der Waals surface area contributed by atoms with Gasteiger partial charge in [0.2, 0.25) is 0 Å². The first kappa shape index (κ1) is 27.8. The minimum atomic E-state index is 0. The fourth-order valence-electron chi connectivity index (χ4n) is 4.28. The molecule has 1 aromatic heterocycles. The van der Waals surface area contributed by atoms with Crippen molar-refractivity contribution in [1.29, 1.82) is 0 Å². The van der Waals surface area contributed by atoms with Crippen LogP contribution in [0.3, 0.4) is 0 Å². The van der Waals surface area contributed by atoms with Crippen LogP contribution in [-0.2, 0) is 6.54 Å². The van der Waals surface area contributed by atoms with Crippen LogP contribution in [0.5, 0.6) is 0 Å². The third-order valence-corrected chi connectivity index (χ3v) is 6.24. The third kappa shape index (κ3) is 11.7. The number of hydrogen-bond donors (Lipinski definition) is 0.